The molecule has 14 heteroatoms. The van der Waals surface area contributed by atoms with E-state index in [0.29, 0.717) is 11.3 Å². The number of aromatic nitrogens is 1. The highest BCUT2D eigenvalue weighted by Crippen LogP contribution is 2.39. The predicted octanol–water partition coefficient (Wildman–Crippen LogP) is 5.42. The van der Waals surface area contributed by atoms with E-state index in [1.807, 2.05) is 0 Å². The second-order valence-electron chi connectivity index (χ2n) is 4.49. The molecule has 1 aromatic carbocycles. The third-order valence-electron chi connectivity index (χ3n) is 2.61. The smallest absolute Gasteiger partial charge is 0.406 e. The van der Waals surface area contributed by atoms with Crippen LogP contribution in [0, 0.1) is 0 Å². The van der Waals surface area contributed by atoms with Crippen molar-refractivity contribution in [2.24, 2.45) is 0 Å². The first-order valence-electron chi connectivity index (χ1n) is 6.17. The number of nitrogen functional groups attached to an aromatic ring is 1. The zero-order valence-electron chi connectivity index (χ0n) is 11.9. The average molecular weight is 529 g/mol. The van der Waals surface area contributed by atoms with Gasteiger partial charge in [0.1, 0.15) is 10.6 Å². The lowest BCUT2D eigenvalue weighted by Crippen LogP contribution is -2.18. The molecule has 1 amide bonds. The first-order valence-corrected chi connectivity index (χ1v) is 8.58. The molecule has 0 aliphatic heterocycles. The van der Waals surface area contributed by atoms with E-state index < -0.39 is 39.9 Å². The summed E-state index contributed by atoms with van der Waals surface area (Å²) in [4.78, 5) is 14.5. The molecule has 0 unspecified atom stereocenters. The van der Waals surface area contributed by atoms with Crippen molar-refractivity contribution in [3.8, 4) is 5.75 Å². The molecule has 2 rings (SSSR count). The third kappa shape index (κ3) is 5.01. The fraction of sp³-hybridized carbons (Fsp3) is 0.167. The van der Waals surface area contributed by atoms with Crippen molar-refractivity contribution in [2.75, 3.05) is 11.1 Å². The molecule has 0 aliphatic rings. The van der Waals surface area contributed by atoms with Crippen LogP contribution in [-0.4, -0.2) is 17.3 Å². The van der Waals surface area contributed by atoms with E-state index in [-0.39, 0.29) is 14.6 Å². The monoisotopic (exact) mass is 527 g/mol. The van der Waals surface area contributed by atoms with Gasteiger partial charge in [-0.25, -0.2) is 4.98 Å². The molecule has 26 heavy (non-hydrogen) atoms. The Morgan fingerprint density at radius 2 is 1.69 bits per heavy atom. The molecule has 0 saturated carbocycles. The van der Waals surface area contributed by atoms with Crippen LogP contribution in [0.1, 0.15) is 15.4 Å². The van der Waals surface area contributed by atoms with Crippen LogP contribution in [0.2, 0.25) is 0 Å². The number of rotatable bonds is 3. The Kier molecular flexibility index (Phi) is 5.77. The maximum atomic E-state index is 12.9. The van der Waals surface area contributed by atoms with Gasteiger partial charge < -0.3 is 15.8 Å². The molecule has 1 heterocycles. The van der Waals surface area contributed by atoms with Gasteiger partial charge in [-0.2, -0.15) is 13.2 Å². The maximum absolute atomic E-state index is 12.9. The minimum atomic E-state index is -4.94. The molecular formula is C12H5Br2F6N3O2S. The summed E-state index contributed by atoms with van der Waals surface area (Å²) in [5, 5.41) is 1.69. The van der Waals surface area contributed by atoms with Crippen LogP contribution in [-0.2, 0) is 6.18 Å². The van der Waals surface area contributed by atoms with Crippen LogP contribution >= 0.6 is 43.2 Å². The number of nitrogens with two attached hydrogens (primary N) is 1. The van der Waals surface area contributed by atoms with Gasteiger partial charge in [0.25, 0.3) is 5.91 Å². The Morgan fingerprint density at radius 1 is 1.15 bits per heavy atom. The number of alkyl halides is 6. The number of carbonyl (C=O) groups excluding carboxylic acids is 1. The highest BCUT2D eigenvalue weighted by Gasteiger charge is 2.39. The molecule has 1 aromatic heterocycles. The lowest BCUT2D eigenvalue weighted by molar-refractivity contribution is -0.274. The molecule has 5 nitrogen and oxygen atoms in total. The summed E-state index contributed by atoms with van der Waals surface area (Å²) >= 11 is 6.16. The van der Waals surface area contributed by atoms with E-state index in [2.05, 4.69) is 46.9 Å². The van der Waals surface area contributed by atoms with Crippen LogP contribution in [0.25, 0.3) is 0 Å². The number of nitrogens with one attached hydrogen (secondary N) is 1. The topological polar surface area (TPSA) is 77.2 Å². The molecule has 0 saturated heterocycles. The second kappa shape index (κ2) is 7.23. The number of benzene rings is 1. The van der Waals surface area contributed by atoms with E-state index in [1.165, 1.54) is 0 Å². The lowest BCUT2D eigenvalue weighted by Gasteiger charge is -2.14. The Morgan fingerprint density at radius 3 is 2.15 bits per heavy atom. The normalized spacial score (nSPS) is 12.2. The summed E-state index contributed by atoms with van der Waals surface area (Å²) in [6, 6.07) is 1.78. The molecule has 0 atom stereocenters. The van der Waals surface area contributed by atoms with Gasteiger partial charge in [0, 0.05) is 8.95 Å². The van der Waals surface area contributed by atoms with Crippen LogP contribution < -0.4 is 15.8 Å². The summed E-state index contributed by atoms with van der Waals surface area (Å²) in [5.41, 5.74) is 3.67. The minimum Gasteiger partial charge on any atom is -0.406 e. The summed E-state index contributed by atoms with van der Waals surface area (Å²) in [6.45, 7) is 0. The number of ether oxygens (including phenoxy) is 1. The number of thiazole rings is 1. The molecule has 2 aromatic rings. The van der Waals surface area contributed by atoms with Gasteiger partial charge in [0.2, 0.25) is 0 Å². The summed E-state index contributed by atoms with van der Waals surface area (Å²) in [6.07, 6.45) is -9.84. The Balaban J connectivity index is 2.33. The van der Waals surface area contributed by atoms with Gasteiger partial charge in [-0.3, -0.25) is 4.79 Å². The van der Waals surface area contributed by atoms with Gasteiger partial charge in [-0.1, -0.05) is 11.3 Å². The molecule has 0 radical (unpaired) electrons. The molecule has 3 N–H and O–H groups in total. The number of hydrogen-bond donors (Lipinski definition) is 2. The van der Waals surface area contributed by atoms with Crippen molar-refractivity contribution < 1.29 is 35.9 Å². The molecule has 0 aliphatic carbocycles. The maximum Gasteiger partial charge on any atom is 0.573 e. The number of amides is 1. The zero-order valence-corrected chi connectivity index (χ0v) is 15.9. The number of carbonyl (C=O) groups is 1. The Labute approximate surface area is 161 Å². The van der Waals surface area contributed by atoms with Gasteiger partial charge in [0.15, 0.2) is 10.8 Å². The summed E-state index contributed by atoms with van der Waals surface area (Å²) in [5.74, 6) is -1.79. The quantitative estimate of drug-likeness (QED) is 0.521. The Bertz CT molecular complexity index is 829. The van der Waals surface area contributed by atoms with Crippen molar-refractivity contribution in [1.82, 2.24) is 4.98 Å². The molecule has 0 bridgehead atoms. The van der Waals surface area contributed by atoms with Crippen LogP contribution in [0.5, 0.6) is 5.75 Å². The number of nitrogens with zero attached hydrogens (tertiary/aromatic N) is 1. The van der Waals surface area contributed by atoms with E-state index in [9.17, 15) is 31.1 Å². The summed E-state index contributed by atoms with van der Waals surface area (Å²) < 4.78 is 79.0. The first kappa shape index (κ1) is 20.8. The van der Waals surface area contributed by atoms with Crippen LogP contribution in [0.4, 0.5) is 37.2 Å². The minimum absolute atomic E-state index is 0.0643. The van der Waals surface area contributed by atoms with Crippen LogP contribution in [0.15, 0.2) is 21.1 Å². The zero-order chi connectivity index (χ0) is 19.9. The fourth-order valence-electron chi connectivity index (χ4n) is 1.71. The van der Waals surface area contributed by atoms with E-state index in [0.717, 1.165) is 12.1 Å². The highest BCUT2D eigenvalue weighted by atomic mass is 79.9. The van der Waals surface area contributed by atoms with Crippen molar-refractivity contribution >= 4 is 59.9 Å². The number of anilines is 2. The van der Waals surface area contributed by atoms with Crippen molar-refractivity contribution in [3.05, 3.63) is 31.6 Å². The predicted molar refractivity (Wildman–Crippen MR) is 88.0 cm³/mol. The molecular weight excluding hydrogens is 524 g/mol. The number of hydrogen-bond acceptors (Lipinski definition) is 5. The van der Waals surface area contributed by atoms with Gasteiger partial charge in [-0.15, -0.1) is 13.2 Å². The van der Waals surface area contributed by atoms with Crippen molar-refractivity contribution in [3.63, 3.8) is 0 Å². The van der Waals surface area contributed by atoms with Crippen molar-refractivity contribution in [1.29, 1.82) is 0 Å². The molecule has 142 valence electrons. The average Bonchev–Trinajstić information content (AvgIpc) is 2.83. The van der Waals surface area contributed by atoms with Gasteiger partial charge >= 0.3 is 12.5 Å². The molecule has 0 spiro atoms. The SMILES string of the molecule is Nc1nc(C(F)(F)F)c(C(=O)Nc2c(Br)cc(OC(F)(F)F)cc2Br)s1. The fourth-order valence-corrected chi connectivity index (χ4v) is 3.81. The van der Waals surface area contributed by atoms with E-state index in [4.69, 9.17) is 5.73 Å². The van der Waals surface area contributed by atoms with Gasteiger partial charge in [-0.05, 0) is 44.0 Å². The second-order valence-corrected chi connectivity index (χ2v) is 7.23. The first-order chi connectivity index (χ1) is 11.8. The lowest BCUT2D eigenvalue weighted by atomic mass is 10.2. The Hall–Kier alpha value is -1.54. The summed E-state index contributed by atoms with van der Waals surface area (Å²) in [7, 11) is 0. The van der Waals surface area contributed by atoms with Crippen LogP contribution in [0.3, 0.4) is 0 Å². The third-order valence-corrected chi connectivity index (χ3v) is 4.74. The largest absolute Gasteiger partial charge is 0.573 e. The number of halogens is 8. The van der Waals surface area contributed by atoms with Gasteiger partial charge in [0.05, 0.1) is 5.69 Å². The highest BCUT2D eigenvalue weighted by molar-refractivity contribution is 9.11. The van der Waals surface area contributed by atoms with E-state index in [1.54, 1.807) is 0 Å². The van der Waals surface area contributed by atoms with E-state index >= 15 is 0 Å². The van der Waals surface area contributed by atoms with Crippen molar-refractivity contribution in [2.45, 2.75) is 12.5 Å². The standard InChI is InChI=1S/C12H5Br2F6N3O2S/c13-4-1-3(25-12(18,19)20)2-5(14)6(4)22-9(24)7-8(11(15,16)17)23-10(21)26-7/h1-2H,(H2,21,23)(H,22,24). The molecule has 0 fully saturated rings.